The van der Waals surface area contributed by atoms with Crippen molar-refractivity contribution in [1.29, 1.82) is 0 Å². The van der Waals surface area contributed by atoms with E-state index < -0.39 is 11.8 Å². The lowest BCUT2D eigenvalue weighted by Gasteiger charge is -2.10. The van der Waals surface area contributed by atoms with Crippen LogP contribution in [-0.4, -0.2) is 23.0 Å². The Hall–Kier alpha value is -3.73. The molecule has 3 aromatic rings. The Bertz CT molecular complexity index is 993. The molecule has 0 bridgehead atoms. The molecule has 1 heterocycles. The van der Waals surface area contributed by atoms with E-state index in [1.807, 2.05) is 54.6 Å². The first-order chi connectivity index (χ1) is 13.2. The highest BCUT2D eigenvalue weighted by molar-refractivity contribution is 6.21. The van der Waals surface area contributed by atoms with Crippen LogP contribution in [0.1, 0.15) is 31.8 Å². The van der Waals surface area contributed by atoms with Gasteiger partial charge in [-0.05, 0) is 29.8 Å². The van der Waals surface area contributed by atoms with Gasteiger partial charge in [-0.15, -0.1) is 0 Å². The number of carbonyl (C=O) groups excluding carboxylic acids is 2. The summed E-state index contributed by atoms with van der Waals surface area (Å²) in [7, 11) is 0. The number of carbonyl (C=O) groups is 2. The van der Waals surface area contributed by atoms with Gasteiger partial charge in [0.2, 0.25) is 0 Å². The van der Waals surface area contributed by atoms with Gasteiger partial charge in [0.05, 0.1) is 17.3 Å². The van der Waals surface area contributed by atoms with Crippen LogP contribution in [0.3, 0.4) is 0 Å². The highest BCUT2D eigenvalue weighted by Gasteiger charge is 2.35. The van der Waals surface area contributed by atoms with E-state index in [4.69, 9.17) is 4.74 Å². The fourth-order valence-electron chi connectivity index (χ4n) is 2.86. The number of fused-ring (bicyclic) bond motifs is 1. The van der Waals surface area contributed by atoms with E-state index in [1.54, 1.807) is 24.3 Å². The van der Waals surface area contributed by atoms with Gasteiger partial charge < -0.3 is 4.74 Å². The number of amides is 2. The summed E-state index contributed by atoms with van der Waals surface area (Å²) < 4.78 is 5.87. The third-order valence-electron chi connectivity index (χ3n) is 4.24. The Morgan fingerprint density at radius 1 is 0.778 bits per heavy atom. The van der Waals surface area contributed by atoms with Gasteiger partial charge in [0.25, 0.3) is 11.8 Å². The molecule has 0 aliphatic carbocycles. The Morgan fingerprint density at radius 3 is 2.07 bits per heavy atom. The van der Waals surface area contributed by atoms with E-state index >= 15 is 0 Å². The maximum atomic E-state index is 12.4. The van der Waals surface area contributed by atoms with Crippen LogP contribution in [0.4, 0.5) is 0 Å². The molecule has 5 nitrogen and oxygen atoms in total. The summed E-state index contributed by atoms with van der Waals surface area (Å²) in [5, 5.41) is 5.00. The van der Waals surface area contributed by atoms with Crippen molar-refractivity contribution in [3.05, 3.63) is 101 Å². The van der Waals surface area contributed by atoms with Gasteiger partial charge in [-0.3, -0.25) is 9.59 Å². The highest BCUT2D eigenvalue weighted by Crippen LogP contribution is 2.23. The van der Waals surface area contributed by atoms with E-state index in [1.165, 1.54) is 6.21 Å². The fourth-order valence-corrected chi connectivity index (χ4v) is 2.86. The normalized spacial score (nSPS) is 13.3. The Morgan fingerprint density at radius 2 is 1.37 bits per heavy atom. The molecule has 0 unspecified atom stereocenters. The van der Waals surface area contributed by atoms with Crippen LogP contribution in [0, 0.1) is 0 Å². The van der Waals surface area contributed by atoms with Gasteiger partial charge in [-0.1, -0.05) is 54.6 Å². The monoisotopic (exact) mass is 356 g/mol. The fraction of sp³-hybridized carbons (Fsp3) is 0.0455. The van der Waals surface area contributed by atoms with Crippen LogP contribution in [-0.2, 0) is 6.61 Å². The van der Waals surface area contributed by atoms with Gasteiger partial charge in [0.15, 0.2) is 0 Å². The van der Waals surface area contributed by atoms with Crippen molar-refractivity contribution in [2.24, 2.45) is 5.10 Å². The maximum absolute atomic E-state index is 12.4. The first kappa shape index (κ1) is 16.7. The van der Waals surface area contributed by atoms with E-state index in [0.29, 0.717) is 29.0 Å². The smallest absolute Gasteiger partial charge is 0.282 e. The van der Waals surface area contributed by atoms with Crippen LogP contribution >= 0.6 is 0 Å². The zero-order valence-electron chi connectivity index (χ0n) is 14.4. The minimum Gasteiger partial charge on any atom is -0.488 e. The summed E-state index contributed by atoms with van der Waals surface area (Å²) in [4.78, 5) is 24.8. The van der Waals surface area contributed by atoms with Gasteiger partial charge in [-0.2, -0.15) is 10.1 Å². The molecule has 1 aliphatic rings. The Labute approximate surface area is 156 Å². The number of hydrazone groups is 1. The first-order valence-corrected chi connectivity index (χ1v) is 8.51. The molecule has 0 aromatic heterocycles. The summed E-state index contributed by atoms with van der Waals surface area (Å²) in [6, 6.07) is 23.9. The second-order valence-corrected chi connectivity index (χ2v) is 6.02. The van der Waals surface area contributed by atoms with Crippen LogP contribution in [0.15, 0.2) is 84.0 Å². The molecule has 0 saturated heterocycles. The molecule has 0 radical (unpaired) electrons. The van der Waals surface area contributed by atoms with Crippen LogP contribution in [0.2, 0.25) is 0 Å². The zero-order valence-corrected chi connectivity index (χ0v) is 14.4. The van der Waals surface area contributed by atoms with Crippen LogP contribution in [0.25, 0.3) is 0 Å². The second-order valence-electron chi connectivity index (χ2n) is 6.02. The summed E-state index contributed by atoms with van der Waals surface area (Å²) in [6.45, 7) is 0.415. The molecule has 1 aliphatic heterocycles. The summed E-state index contributed by atoms with van der Waals surface area (Å²) >= 11 is 0. The molecule has 3 aromatic carbocycles. The number of hydrogen-bond acceptors (Lipinski definition) is 4. The van der Waals surface area contributed by atoms with E-state index in [9.17, 15) is 9.59 Å². The molecule has 2 amide bonds. The number of imide groups is 1. The number of rotatable bonds is 5. The topological polar surface area (TPSA) is 59.0 Å². The predicted octanol–water partition coefficient (Wildman–Crippen LogP) is 3.90. The van der Waals surface area contributed by atoms with E-state index in [-0.39, 0.29) is 0 Å². The van der Waals surface area contributed by atoms with Crippen molar-refractivity contribution in [2.45, 2.75) is 6.61 Å². The zero-order chi connectivity index (χ0) is 18.6. The van der Waals surface area contributed by atoms with Gasteiger partial charge in [0.1, 0.15) is 12.4 Å². The molecule has 0 fully saturated rings. The van der Waals surface area contributed by atoms with Crippen molar-refractivity contribution >= 4 is 18.0 Å². The average Bonchev–Trinajstić information content (AvgIpc) is 2.97. The SMILES string of the molecule is O=C1c2ccccc2C(=O)N1/N=C\c1ccccc1OCc1ccccc1. The van der Waals surface area contributed by atoms with E-state index in [2.05, 4.69) is 5.10 Å². The standard InChI is InChI=1S/C22H16N2O3/c25-21-18-11-5-6-12-19(18)22(26)24(21)23-14-17-10-4-7-13-20(17)27-15-16-8-2-1-3-9-16/h1-14H,15H2/b23-14-. The molecule has 0 atom stereocenters. The molecule has 132 valence electrons. The first-order valence-electron chi connectivity index (χ1n) is 8.51. The average molecular weight is 356 g/mol. The number of benzene rings is 3. The van der Waals surface area contributed by atoms with Gasteiger partial charge in [0, 0.05) is 5.56 Å². The molecular formula is C22H16N2O3. The van der Waals surface area contributed by atoms with Crippen LogP contribution in [0.5, 0.6) is 5.75 Å². The minimum absolute atomic E-state index is 0.369. The summed E-state index contributed by atoms with van der Waals surface area (Å²) in [5.74, 6) is -0.217. The lowest BCUT2D eigenvalue weighted by Crippen LogP contribution is -2.24. The lowest BCUT2D eigenvalue weighted by atomic mass is 10.1. The predicted molar refractivity (Wildman–Crippen MR) is 102 cm³/mol. The third-order valence-corrected chi connectivity index (χ3v) is 4.24. The Balaban J connectivity index is 1.53. The third kappa shape index (κ3) is 3.35. The Kier molecular flexibility index (Phi) is 4.49. The molecular weight excluding hydrogens is 340 g/mol. The lowest BCUT2D eigenvalue weighted by molar-refractivity contribution is 0.0660. The molecule has 0 N–H and O–H groups in total. The molecule has 27 heavy (non-hydrogen) atoms. The van der Waals surface area contributed by atoms with Crippen molar-refractivity contribution in [3.8, 4) is 5.75 Å². The molecule has 0 spiro atoms. The second kappa shape index (κ2) is 7.25. The number of hydrogen-bond donors (Lipinski definition) is 0. The van der Waals surface area contributed by atoms with Crippen LogP contribution < -0.4 is 4.74 Å². The number of ether oxygens (including phenoxy) is 1. The quantitative estimate of drug-likeness (QED) is 0.515. The van der Waals surface area contributed by atoms with Crippen molar-refractivity contribution in [1.82, 2.24) is 5.01 Å². The highest BCUT2D eigenvalue weighted by atomic mass is 16.5. The van der Waals surface area contributed by atoms with Gasteiger partial charge >= 0.3 is 0 Å². The number of para-hydroxylation sites is 1. The van der Waals surface area contributed by atoms with Crippen molar-refractivity contribution in [3.63, 3.8) is 0 Å². The largest absolute Gasteiger partial charge is 0.488 e. The van der Waals surface area contributed by atoms with E-state index in [0.717, 1.165) is 10.6 Å². The summed E-state index contributed by atoms with van der Waals surface area (Å²) in [5.41, 5.74) is 2.47. The molecule has 4 rings (SSSR count). The van der Waals surface area contributed by atoms with Crippen molar-refractivity contribution in [2.75, 3.05) is 0 Å². The van der Waals surface area contributed by atoms with Crippen molar-refractivity contribution < 1.29 is 14.3 Å². The maximum Gasteiger partial charge on any atom is 0.282 e. The minimum atomic E-state index is -0.422. The number of nitrogens with zero attached hydrogens (tertiary/aromatic N) is 2. The molecule has 0 saturated carbocycles. The molecule has 5 heteroatoms. The van der Waals surface area contributed by atoms with Gasteiger partial charge in [-0.25, -0.2) is 0 Å². The summed E-state index contributed by atoms with van der Waals surface area (Å²) in [6.07, 6.45) is 1.47.